The molecule has 0 N–H and O–H groups in total. The van der Waals surface area contributed by atoms with Gasteiger partial charge in [-0.1, -0.05) is 24.2 Å². The first-order valence-corrected chi connectivity index (χ1v) is 8.73. The van der Waals surface area contributed by atoms with Gasteiger partial charge in [0.2, 0.25) is 5.89 Å². The van der Waals surface area contributed by atoms with E-state index in [4.69, 9.17) is 4.52 Å². The Bertz CT molecular complexity index is 628. The molecule has 0 atom stereocenters. The molecule has 0 spiro atoms. The minimum absolute atomic E-state index is 0.178. The minimum Gasteiger partial charge on any atom is -0.338 e. The molecule has 0 bridgehead atoms. The zero-order valence-corrected chi connectivity index (χ0v) is 14.2. The second-order valence-corrected chi connectivity index (χ2v) is 6.39. The van der Waals surface area contributed by atoms with Crippen LogP contribution in [0.15, 0.2) is 28.8 Å². The molecule has 0 radical (unpaired) electrons. The molecule has 1 saturated heterocycles. The van der Waals surface area contributed by atoms with Crippen LogP contribution in [0.1, 0.15) is 37.0 Å². The fourth-order valence-electron chi connectivity index (χ4n) is 3.06. The lowest BCUT2D eigenvalue weighted by Gasteiger charge is -2.20. The Labute approximate surface area is 142 Å². The number of aromatic nitrogens is 2. The van der Waals surface area contributed by atoms with E-state index in [-0.39, 0.29) is 5.82 Å². The Morgan fingerprint density at radius 3 is 2.46 bits per heavy atom. The number of rotatable bonds is 6. The summed E-state index contributed by atoms with van der Waals surface area (Å²) in [5.74, 6) is 1.34. The summed E-state index contributed by atoms with van der Waals surface area (Å²) in [4.78, 5) is 9.24. The van der Waals surface area contributed by atoms with Crippen LogP contribution in [0.2, 0.25) is 0 Å². The molecule has 0 unspecified atom stereocenters. The monoisotopic (exact) mass is 332 g/mol. The van der Waals surface area contributed by atoms with Crippen molar-refractivity contribution in [3.8, 4) is 0 Å². The molecule has 1 aromatic carbocycles. The van der Waals surface area contributed by atoms with Crippen molar-refractivity contribution in [3.63, 3.8) is 0 Å². The van der Waals surface area contributed by atoms with Crippen molar-refractivity contribution < 1.29 is 8.91 Å². The standard InChI is InChI=1S/C18H25FN4O/c1-2-4-17-20-18(24-21-17)14-23-10-3-9-22(11-12-23)13-15-5-7-16(19)8-6-15/h5-8H,2-4,9-14H2,1H3. The van der Waals surface area contributed by atoms with Crippen LogP contribution < -0.4 is 0 Å². The molecular formula is C18H25FN4O. The maximum absolute atomic E-state index is 13.0. The molecular weight excluding hydrogens is 307 g/mol. The summed E-state index contributed by atoms with van der Waals surface area (Å²) in [5.41, 5.74) is 1.16. The summed E-state index contributed by atoms with van der Waals surface area (Å²) in [6.45, 7) is 7.77. The summed E-state index contributed by atoms with van der Waals surface area (Å²) in [5, 5.41) is 4.02. The Morgan fingerprint density at radius 1 is 1.04 bits per heavy atom. The predicted molar refractivity (Wildman–Crippen MR) is 89.9 cm³/mol. The first-order valence-electron chi connectivity index (χ1n) is 8.73. The van der Waals surface area contributed by atoms with Crippen LogP contribution in [0.25, 0.3) is 0 Å². The lowest BCUT2D eigenvalue weighted by atomic mass is 10.2. The number of hydrogen-bond acceptors (Lipinski definition) is 5. The Hall–Kier alpha value is -1.79. The molecule has 0 amide bonds. The molecule has 0 aliphatic carbocycles. The van der Waals surface area contributed by atoms with Gasteiger partial charge in [-0.25, -0.2) is 4.39 Å². The van der Waals surface area contributed by atoms with E-state index >= 15 is 0 Å². The molecule has 2 aromatic rings. The Kier molecular flexibility index (Phi) is 5.93. The highest BCUT2D eigenvalue weighted by atomic mass is 19.1. The van der Waals surface area contributed by atoms with Gasteiger partial charge in [0.05, 0.1) is 6.54 Å². The summed E-state index contributed by atoms with van der Waals surface area (Å²) in [7, 11) is 0. The third-order valence-corrected chi connectivity index (χ3v) is 4.34. The number of hydrogen-bond donors (Lipinski definition) is 0. The van der Waals surface area contributed by atoms with Crippen LogP contribution in [-0.4, -0.2) is 46.1 Å². The van der Waals surface area contributed by atoms with E-state index in [9.17, 15) is 4.39 Å². The van der Waals surface area contributed by atoms with E-state index in [1.165, 1.54) is 12.1 Å². The van der Waals surface area contributed by atoms with Crippen molar-refractivity contribution in [2.45, 2.75) is 39.3 Å². The van der Waals surface area contributed by atoms with Crippen molar-refractivity contribution in [2.24, 2.45) is 0 Å². The van der Waals surface area contributed by atoms with Gasteiger partial charge < -0.3 is 4.52 Å². The van der Waals surface area contributed by atoms with Crippen molar-refractivity contribution in [1.82, 2.24) is 19.9 Å². The Morgan fingerprint density at radius 2 is 1.75 bits per heavy atom. The van der Waals surface area contributed by atoms with Gasteiger partial charge in [-0.3, -0.25) is 9.80 Å². The lowest BCUT2D eigenvalue weighted by Crippen LogP contribution is -2.30. The van der Waals surface area contributed by atoms with Crippen molar-refractivity contribution in [3.05, 3.63) is 47.4 Å². The first kappa shape index (κ1) is 17.0. The first-order chi connectivity index (χ1) is 11.7. The molecule has 0 saturated carbocycles. The largest absolute Gasteiger partial charge is 0.338 e. The third kappa shape index (κ3) is 4.85. The van der Waals surface area contributed by atoms with E-state index in [1.54, 1.807) is 0 Å². The van der Waals surface area contributed by atoms with Crippen LogP contribution >= 0.6 is 0 Å². The highest BCUT2D eigenvalue weighted by molar-refractivity contribution is 5.15. The van der Waals surface area contributed by atoms with Crippen LogP contribution in [0, 0.1) is 5.82 Å². The van der Waals surface area contributed by atoms with Crippen molar-refractivity contribution >= 4 is 0 Å². The molecule has 24 heavy (non-hydrogen) atoms. The van der Waals surface area contributed by atoms with Crippen LogP contribution in [0.4, 0.5) is 4.39 Å². The molecule has 1 aliphatic heterocycles. The average molecular weight is 332 g/mol. The van der Waals surface area contributed by atoms with E-state index < -0.39 is 0 Å². The summed E-state index contributed by atoms with van der Waals surface area (Å²) >= 11 is 0. The average Bonchev–Trinajstić information content (AvgIpc) is 2.89. The molecule has 130 valence electrons. The second-order valence-electron chi connectivity index (χ2n) is 6.39. The molecule has 5 nitrogen and oxygen atoms in total. The zero-order valence-electron chi connectivity index (χ0n) is 14.2. The fraction of sp³-hybridized carbons (Fsp3) is 0.556. The second kappa shape index (κ2) is 8.35. The van der Waals surface area contributed by atoms with Crippen molar-refractivity contribution in [2.75, 3.05) is 26.2 Å². The minimum atomic E-state index is -0.178. The molecule has 1 aromatic heterocycles. The van der Waals surface area contributed by atoms with E-state index in [0.29, 0.717) is 5.89 Å². The summed E-state index contributed by atoms with van der Waals surface area (Å²) in [6.07, 6.45) is 3.01. The molecule has 1 fully saturated rings. The third-order valence-electron chi connectivity index (χ3n) is 4.34. The van der Waals surface area contributed by atoms with Crippen molar-refractivity contribution in [1.29, 1.82) is 0 Å². The zero-order chi connectivity index (χ0) is 16.8. The smallest absolute Gasteiger partial charge is 0.240 e. The predicted octanol–water partition coefficient (Wildman–Crippen LogP) is 2.87. The van der Waals surface area contributed by atoms with E-state index in [0.717, 1.165) is 69.9 Å². The van der Waals surface area contributed by atoms with Gasteiger partial charge in [-0.2, -0.15) is 4.98 Å². The highest BCUT2D eigenvalue weighted by Gasteiger charge is 2.17. The lowest BCUT2D eigenvalue weighted by molar-refractivity contribution is 0.222. The van der Waals surface area contributed by atoms with Gasteiger partial charge in [0.25, 0.3) is 0 Å². The van der Waals surface area contributed by atoms with Gasteiger partial charge in [-0.15, -0.1) is 0 Å². The summed E-state index contributed by atoms with van der Waals surface area (Å²) < 4.78 is 18.3. The fourth-order valence-corrected chi connectivity index (χ4v) is 3.06. The van der Waals surface area contributed by atoms with Gasteiger partial charge in [0.15, 0.2) is 5.82 Å². The topological polar surface area (TPSA) is 45.4 Å². The highest BCUT2D eigenvalue weighted by Crippen LogP contribution is 2.12. The maximum Gasteiger partial charge on any atom is 0.240 e. The van der Waals surface area contributed by atoms with Crippen LogP contribution in [0.5, 0.6) is 0 Å². The molecule has 1 aliphatic rings. The maximum atomic E-state index is 13.0. The number of benzene rings is 1. The summed E-state index contributed by atoms with van der Waals surface area (Å²) in [6, 6.07) is 6.79. The number of halogens is 1. The van der Waals surface area contributed by atoms with Gasteiger partial charge in [0.1, 0.15) is 5.82 Å². The van der Waals surface area contributed by atoms with Gasteiger partial charge in [-0.05, 0) is 43.6 Å². The van der Waals surface area contributed by atoms with E-state index in [1.807, 2.05) is 12.1 Å². The SMILES string of the molecule is CCCc1noc(CN2CCCN(Cc3ccc(F)cc3)CC2)n1. The Balaban J connectivity index is 1.49. The molecule has 3 rings (SSSR count). The normalized spacial score (nSPS) is 17.1. The quantitative estimate of drug-likeness (QED) is 0.814. The number of nitrogens with zero attached hydrogens (tertiary/aromatic N) is 4. The van der Waals surface area contributed by atoms with Crippen LogP contribution in [-0.2, 0) is 19.5 Å². The molecule has 6 heteroatoms. The molecule has 2 heterocycles. The van der Waals surface area contributed by atoms with Gasteiger partial charge in [0, 0.05) is 26.1 Å². The van der Waals surface area contributed by atoms with Gasteiger partial charge >= 0.3 is 0 Å². The van der Waals surface area contributed by atoms with E-state index in [2.05, 4.69) is 26.9 Å². The van der Waals surface area contributed by atoms with Crippen LogP contribution in [0.3, 0.4) is 0 Å². The number of aryl methyl sites for hydroxylation is 1.